The molecule has 1 aliphatic carbocycles. The van der Waals surface area contributed by atoms with Crippen LogP contribution in [0.1, 0.15) is 59.3 Å². The Hall–Kier alpha value is -0.300. The van der Waals surface area contributed by atoms with E-state index in [9.17, 15) is 0 Å². The van der Waals surface area contributed by atoms with Crippen molar-refractivity contribution in [1.82, 2.24) is 5.32 Å². The van der Waals surface area contributed by atoms with Crippen molar-refractivity contribution in [2.24, 2.45) is 11.8 Å². The van der Waals surface area contributed by atoms with Gasteiger partial charge in [-0.15, -0.1) is 0 Å². The summed E-state index contributed by atoms with van der Waals surface area (Å²) in [6.45, 7) is 11.9. The molecule has 1 rings (SSSR count). The molecule has 1 atom stereocenters. The van der Waals surface area contributed by atoms with Crippen molar-refractivity contribution in [3.63, 3.8) is 0 Å². The maximum absolute atomic E-state index is 4.14. The van der Waals surface area contributed by atoms with Crippen molar-refractivity contribution >= 4 is 0 Å². The molecule has 1 nitrogen and oxygen atoms in total. The van der Waals surface area contributed by atoms with Crippen LogP contribution in [-0.4, -0.2) is 12.6 Å². The van der Waals surface area contributed by atoms with Crippen molar-refractivity contribution in [2.45, 2.75) is 65.3 Å². The average Bonchev–Trinajstić information content (AvgIpc) is 2.27. The van der Waals surface area contributed by atoms with Gasteiger partial charge in [-0.05, 0) is 38.1 Å². The zero-order valence-electron chi connectivity index (χ0n) is 11.4. The highest BCUT2D eigenvalue weighted by Gasteiger charge is 2.26. The van der Waals surface area contributed by atoms with Crippen molar-refractivity contribution in [3.8, 4) is 0 Å². The normalized spacial score (nSPS) is 27.7. The number of nitrogens with one attached hydrogen (secondary N) is 1. The lowest BCUT2D eigenvalue weighted by atomic mass is 9.75. The van der Waals surface area contributed by atoms with Gasteiger partial charge in [0, 0.05) is 6.04 Å². The lowest BCUT2D eigenvalue weighted by molar-refractivity contribution is 0.229. The highest BCUT2D eigenvalue weighted by molar-refractivity contribution is 5.05. The molecule has 16 heavy (non-hydrogen) atoms. The van der Waals surface area contributed by atoms with E-state index in [4.69, 9.17) is 0 Å². The van der Waals surface area contributed by atoms with E-state index in [-0.39, 0.29) is 0 Å². The second-order valence-corrected chi connectivity index (χ2v) is 5.45. The molecule has 0 heterocycles. The van der Waals surface area contributed by atoms with Crippen LogP contribution >= 0.6 is 0 Å². The highest BCUT2D eigenvalue weighted by Crippen LogP contribution is 2.34. The fourth-order valence-corrected chi connectivity index (χ4v) is 3.18. The number of hydrogen-bond donors (Lipinski definition) is 1. The summed E-state index contributed by atoms with van der Waals surface area (Å²) >= 11 is 0. The Morgan fingerprint density at radius 1 is 1.25 bits per heavy atom. The minimum atomic E-state index is 0.563. The van der Waals surface area contributed by atoms with Crippen molar-refractivity contribution < 1.29 is 0 Å². The van der Waals surface area contributed by atoms with Crippen molar-refractivity contribution in [1.29, 1.82) is 0 Å². The molecular weight excluding hydrogens is 194 g/mol. The van der Waals surface area contributed by atoms with Gasteiger partial charge < -0.3 is 5.32 Å². The van der Waals surface area contributed by atoms with Gasteiger partial charge in [0.1, 0.15) is 0 Å². The maximum Gasteiger partial charge on any atom is 0.0302 e. The molecule has 0 aromatic heterocycles. The second kappa shape index (κ2) is 7.11. The van der Waals surface area contributed by atoms with Crippen LogP contribution in [0.25, 0.3) is 0 Å². The molecule has 0 spiro atoms. The van der Waals surface area contributed by atoms with Gasteiger partial charge in [0.15, 0.2) is 0 Å². The van der Waals surface area contributed by atoms with Gasteiger partial charge in [-0.3, -0.25) is 0 Å². The Balaban J connectivity index is 2.41. The number of likely N-dealkylation sites (N-methyl/N-ethyl adjacent to an activating group) is 1. The molecule has 94 valence electrons. The van der Waals surface area contributed by atoms with Gasteiger partial charge in [0.05, 0.1) is 0 Å². The third-order valence-corrected chi connectivity index (χ3v) is 4.01. The minimum absolute atomic E-state index is 0.563. The molecule has 1 saturated carbocycles. The van der Waals surface area contributed by atoms with Gasteiger partial charge in [0.2, 0.25) is 0 Å². The van der Waals surface area contributed by atoms with Crippen LogP contribution in [0, 0.1) is 11.8 Å². The van der Waals surface area contributed by atoms with Crippen LogP contribution in [0.4, 0.5) is 0 Å². The van der Waals surface area contributed by atoms with Crippen molar-refractivity contribution in [2.75, 3.05) is 6.54 Å². The predicted octanol–water partition coefficient (Wildman–Crippen LogP) is 4.15. The summed E-state index contributed by atoms with van der Waals surface area (Å²) in [5.41, 5.74) is 1.32. The maximum atomic E-state index is 4.14. The van der Waals surface area contributed by atoms with Crippen LogP contribution in [-0.2, 0) is 0 Å². The first-order valence-corrected chi connectivity index (χ1v) is 7.07. The molecule has 0 radical (unpaired) electrons. The SMILES string of the molecule is C=C(C)C(NCC)C1CCC(CCC)CC1. The number of rotatable bonds is 6. The van der Waals surface area contributed by atoms with Gasteiger partial charge in [0.25, 0.3) is 0 Å². The summed E-state index contributed by atoms with van der Waals surface area (Å²) in [5.74, 6) is 1.85. The Bertz CT molecular complexity index is 201. The predicted molar refractivity (Wildman–Crippen MR) is 72.6 cm³/mol. The highest BCUT2D eigenvalue weighted by atomic mass is 14.9. The molecule has 0 aromatic rings. The van der Waals surface area contributed by atoms with Crippen LogP contribution < -0.4 is 5.32 Å². The molecule has 1 fully saturated rings. The zero-order chi connectivity index (χ0) is 12.0. The minimum Gasteiger partial charge on any atom is -0.310 e. The Labute approximate surface area is 102 Å². The first kappa shape index (κ1) is 13.8. The van der Waals surface area contributed by atoms with Crippen LogP contribution in [0.15, 0.2) is 12.2 Å². The van der Waals surface area contributed by atoms with E-state index in [0.717, 1.165) is 18.4 Å². The molecule has 1 heteroatoms. The Morgan fingerprint density at radius 2 is 1.88 bits per heavy atom. The molecule has 1 aliphatic rings. The molecule has 0 aliphatic heterocycles. The molecule has 0 aromatic carbocycles. The summed E-state index contributed by atoms with van der Waals surface area (Å²) in [5, 5.41) is 3.60. The van der Waals surface area contributed by atoms with E-state index < -0.39 is 0 Å². The first-order chi connectivity index (χ1) is 7.69. The van der Waals surface area contributed by atoms with Gasteiger partial charge in [-0.1, -0.05) is 51.7 Å². The lowest BCUT2D eigenvalue weighted by Crippen LogP contribution is -2.38. The van der Waals surface area contributed by atoms with E-state index in [1.54, 1.807) is 0 Å². The Kier molecular flexibility index (Phi) is 6.12. The van der Waals surface area contributed by atoms with Crippen LogP contribution in [0.5, 0.6) is 0 Å². The fraction of sp³-hybridized carbons (Fsp3) is 0.867. The zero-order valence-corrected chi connectivity index (χ0v) is 11.4. The third kappa shape index (κ3) is 3.93. The summed E-state index contributed by atoms with van der Waals surface area (Å²) in [7, 11) is 0. The van der Waals surface area contributed by atoms with Gasteiger partial charge in [-0.2, -0.15) is 0 Å². The summed E-state index contributed by atoms with van der Waals surface area (Å²) in [6, 6.07) is 0.563. The largest absolute Gasteiger partial charge is 0.310 e. The standard InChI is InChI=1S/C15H29N/c1-5-7-13-8-10-14(11-9-13)15(12(3)4)16-6-2/h13-16H,3,5-11H2,1-2,4H3. The summed E-state index contributed by atoms with van der Waals surface area (Å²) in [4.78, 5) is 0. The topological polar surface area (TPSA) is 12.0 Å². The monoisotopic (exact) mass is 223 g/mol. The first-order valence-electron chi connectivity index (χ1n) is 7.07. The van der Waals surface area contributed by atoms with Gasteiger partial charge in [-0.25, -0.2) is 0 Å². The quantitative estimate of drug-likeness (QED) is 0.667. The fourth-order valence-electron chi connectivity index (χ4n) is 3.18. The van der Waals surface area contributed by atoms with Crippen molar-refractivity contribution in [3.05, 3.63) is 12.2 Å². The average molecular weight is 223 g/mol. The van der Waals surface area contributed by atoms with E-state index in [1.807, 2.05) is 0 Å². The van der Waals surface area contributed by atoms with Crippen LogP contribution in [0.2, 0.25) is 0 Å². The number of hydrogen-bond acceptors (Lipinski definition) is 1. The Morgan fingerprint density at radius 3 is 2.31 bits per heavy atom. The third-order valence-electron chi connectivity index (χ3n) is 4.01. The summed E-state index contributed by atoms with van der Waals surface area (Å²) < 4.78 is 0. The molecule has 0 amide bonds. The van der Waals surface area contributed by atoms with Crippen LogP contribution in [0.3, 0.4) is 0 Å². The molecule has 1 unspecified atom stereocenters. The molecule has 1 N–H and O–H groups in total. The van der Waals surface area contributed by atoms with E-state index in [1.165, 1.54) is 44.1 Å². The van der Waals surface area contributed by atoms with Gasteiger partial charge >= 0.3 is 0 Å². The van der Waals surface area contributed by atoms with E-state index >= 15 is 0 Å². The lowest BCUT2D eigenvalue weighted by Gasteiger charge is -2.34. The molecule has 0 saturated heterocycles. The summed E-state index contributed by atoms with van der Waals surface area (Å²) in [6.07, 6.45) is 8.46. The molecule has 0 bridgehead atoms. The molecular formula is C15H29N. The smallest absolute Gasteiger partial charge is 0.0302 e. The second-order valence-electron chi connectivity index (χ2n) is 5.45. The van der Waals surface area contributed by atoms with E-state index in [2.05, 4.69) is 32.7 Å². The van der Waals surface area contributed by atoms with E-state index in [0.29, 0.717) is 6.04 Å².